The van der Waals surface area contributed by atoms with E-state index in [1.807, 2.05) is 30.3 Å². The van der Waals surface area contributed by atoms with Crippen LogP contribution in [0.1, 0.15) is 25.0 Å². The summed E-state index contributed by atoms with van der Waals surface area (Å²) in [5, 5.41) is 4.05. The molecule has 0 aliphatic rings. The van der Waals surface area contributed by atoms with Crippen molar-refractivity contribution in [1.29, 1.82) is 0 Å². The Hall–Kier alpha value is -1.58. The summed E-state index contributed by atoms with van der Waals surface area (Å²) < 4.78 is 5.80. The van der Waals surface area contributed by atoms with Crippen molar-refractivity contribution >= 4 is 11.6 Å². The molecule has 1 aromatic carbocycles. The number of nitrogens with zero attached hydrogens (tertiary/aromatic N) is 1. The van der Waals surface area contributed by atoms with Crippen molar-refractivity contribution in [3.05, 3.63) is 52.7 Å². The van der Waals surface area contributed by atoms with Crippen molar-refractivity contribution < 1.29 is 4.74 Å². The van der Waals surface area contributed by atoms with Gasteiger partial charge in [-0.1, -0.05) is 25.4 Å². The molecule has 20 heavy (non-hydrogen) atoms. The van der Waals surface area contributed by atoms with Crippen molar-refractivity contribution in [2.24, 2.45) is 0 Å². The third-order valence-corrected chi connectivity index (χ3v) is 3.37. The van der Waals surface area contributed by atoms with Gasteiger partial charge in [-0.3, -0.25) is 0 Å². The molecule has 1 N–H and O–H groups in total. The SMILES string of the molecule is CCNCc1ccnc(Oc2ccc(Cl)c(CC)c2)c1. The number of pyridine rings is 1. The maximum Gasteiger partial charge on any atom is 0.219 e. The molecule has 2 aromatic rings. The zero-order valence-corrected chi connectivity index (χ0v) is 12.6. The van der Waals surface area contributed by atoms with E-state index < -0.39 is 0 Å². The summed E-state index contributed by atoms with van der Waals surface area (Å²) in [5.74, 6) is 1.36. The molecule has 0 saturated heterocycles. The maximum absolute atomic E-state index is 6.10. The number of aryl methyl sites for hydroxylation is 1. The van der Waals surface area contributed by atoms with Crippen LogP contribution < -0.4 is 10.1 Å². The van der Waals surface area contributed by atoms with Crippen molar-refractivity contribution in [3.8, 4) is 11.6 Å². The normalized spacial score (nSPS) is 10.6. The molecule has 0 aliphatic carbocycles. The van der Waals surface area contributed by atoms with Crippen molar-refractivity contribution in [3.63, 3.8) is 0 Å². The minimum atomic E-state index is 0.602. The van der Waals surface area contributed by atoms with Crippen LogP contribution in [0.4, 0.5) is 0 Å². The molecule has 1 heterocycles. The molecule has 3 nitrogen and oxygen atoms in total. The minimum Gasteiger partial charge on any atom is -0.439 e. The number of aromatic nitrogens is 1. The monoisotopic (exact) mass is 290 g/mol. The number of ether oxygens (including phenoxy) is 1. The number of hydrogen-bond acceptors (Lipinski definition) is 3. The Kier molecular flexibility index (Phi) is 5.39. The fraction of sp³-hybridized carbons (Fsp3) is 0.312. The average molecular weight is 291 g/mol. The molecule has 0 fully saturated rings. The number of benzene rings is 1. The van der Waals surface area contributed by atoms with E-state index in [2.05, 4.69) is 24.1 Å². The van der Waals surface area contributed by atoms with Gasteiger partial charge in [-0.25, -0.2) is 4.98 Å². The summed E-state index contributed by atoms with van der Waals surface area (Å²) >= 11 is 6.10. The molecule has 0 bridgehead atoms. The molecule has 0 saturated carbocycles. The van der Waals surface area contributed by atoms with Crippen LogP contribution >= 0.6 is 11.6 Å². The fourth-order valence-electron chi connectivity index (χ4n) is 1.89. The smallest absolute Gasteiger partial charge is 0.219 e. The van der Waals surface area contributed by atoms with Crippen LogP contribution in [-0.2, 0) is 13.0 Å². The largest absolute Gasteiger partial charge is 0.439 e. The van der Waals surface area contributed by atoms with Crippen LogP contribution in [0.3, 0.4) is 0 Å². The summed E-state index contributed by atoms with van der Waals surface area (Å²) in [4.78, 5) is 4.24. The Morgan fingerprint density at radius 3 is 2.80 bits per heavy atom. The summed E-state index contributed by atoms with van der Waals surface area (Å²) in [5.41, 5.74) is 2.23. The molecule has 2 rings (SSSR count). The summed E-state index contributed by atoms with van der Waals surface area (Å²) in [6.45, 7) is 5.91. The van der Waals surface area contributed by atoms with Gasteiger partial charge >= 0.3 is 0 Å². The highest BCUT2D eigenvalue weighted by molar-refractivity contribution is 6.31. The van der Waals surface area contributed by atoms with Crippen LogP contribution in [0.15, 0.2) is 36.5 Å². The van der Waals surface area contributed by atoms with Gasteiger partial charge < -0.3 is 10.1 Å². The average Bonchev–Trinajstić information content (AvgIpc) is 2.47. The van der Waals surface area contributed by atoms with Crippen molar-refractivity contribution in [2.75, 3.05) is 6.54 Å². The molecular weight excluding hydrogens is 272 g/mol. The molecule has 106 valence electrons. The molecule has 0 aliphatic heterocycles. The zero-order chi connectivity index (χ0) is 14.4. The number of hydrogen-bond donors (Lipinski definition) is 1. The van der Waals surface area contributed by atoms with Gasteiger partial charge in [0.1, 0.15) is 5.75 Å². The van der Waals surface area contributed by atoms with Gasteiger partial charge in [0.05, 0.1) is 0 Å². The highest BCUT2D eigenvalue weighted by Crippen LogP contribution is 2.26. The second-order valence-electron chi connectivity index (χ2n) is 4.49. The predicted octanol–water partition coefficient (Wildman–Crippen LogP) is 4.20. The number of halogens is 1. The van der Waals surface area contributed by atoms with E-state index >= 15 is 0 Å². The van der Waals surface area contributed by atoms with Gasteiger partial charge in [-0.05, 0) is 48.4 Å². The van der Waals surface area contributed by atoms with Gasteiger partial charge in [0.2, 0.25) is 5.88 Å². The summed E-state index contributed by atoms with van der Waals surface area (Å²) in [6.07, 6.45) is 2.64. The van der Waals surface area contributed by atoms with E-state index in [9.17, 15) is 0 Å². The second-order valence-corrected chi connectivity index (χ2v) is 4.90. The quantitative estimate of drug-likeness (QED) is 0.866. The van der Waals surface area contributed by atoms with Crippen molar-refractivity contribution in [2.45, 2.75) is 26.8 Å². The van der Waals surface area contributed by atoms with E-state index in [0.717, 1.165) is 41.4 Å². The first-order valence-corrected chi connectivity index (χ1v) is 7.22. The lowest BCUT2D eigenvalue weighted by atomic mass is 10.1. The number of rotatable bonds is 6. The molecule has 0 amide bonds. The molecule has 0 spiro atoms. The summed E-state index contributed by atoms with van der Waals surface area (Å²) in [6, 6.07) is 9.61. The molecule has 4 heteroatoms. The molecule has 0 unspecified atom stereocenters. The highest BCUT2D eigenvalue weighted by Gasteiger charge is 2.04. The Balaban J connectivity index is 2.13. The zero-order valence-electron chi connectivity index (χ0n) is 11.8. The van der Waals surface area contributed by atoms with Crippen LogP contribution in [0.5, 0.6) is 11.6 Å². The van der Waals surface area contributed by atoms with Crippen LogP contribution in [0.25, 0.3) is 0 Å². The van der Waals surface area contributed by atoms with Crippen LogP contribution in [0, 0.1) is 0 Å². The third-order valence-electron chi connectivity index (χ3n) is 3.00. The lowest BCUT2D eigenvalue weighted by Crippen LogP contribution is -2.11. The Morgan fingerprint density at radius 1 is 1.20 bits per heavy atom. The lowest BCUT2D eigenvalue weighted by Gasteiger charge is -2.09. The fourth-order valence-corrected chi connectivity index (χ4v) is 2.14. The van der Waals surface area contributed by atoms with Gasteiger partial charge in [-0.2, -0.15) is 0 Å². The van der Waals surface area contributed by atoms with E-state index in [1.54, 1.807) is 6.20 Å². The van der Waals surface area contributed by atoms with E-state index in [4.69, 9.17) is 16.3 Å². The molecule has 0 radical (unpaired) electrons. The molecular formula is C16H19ClN2O. The molecule has 1 aromatic heterocycles. The first-order chi connectivity index (χ1) is 9.72. The van der Waals surface area contributed by atoms with Crippen LogP contribution in [0.2, 0.25) is 5.02 Å². The third kappa shape index (κ3) is 3.95. The van der Waals surface area contributed by atoms with Crippen LogP contribution in [-0.4, -0.2) is 11.5 Å². The Morgan fingerprint density at radius 2 is 2.05 bits per heavy atom. The Bertz CT molecular complexity index is 572. The second kappa shape index (κ2) is 7.27. The van der Waals surface area contributed by atoms with Crippen molar-refractivity contribution in [1.82, 2.24) is 10.3 Å². The lowest BCUT2D eigenvalue weighted by molar-refractivity contribution is 0.461. The van der Waals surface area contributed by atoms with Gasteiger partial charge in [0, 0.05) is 23.8 Å². The minimum absolute atomic E-state index is 0.602. The van der Waals surface area contributed by atoms with E-state index in [1.165, 1.54) is 0 Å². The first kappa shape index (κ1) is 14.8. The summed E-state index contributed by atoms with van der Waals surface area (Å²) in [7, 11) is 0. The van der Waals surface area contributed by atoms with Gasteiger partial charge in [0.15, 0.2) is 0 Å². The van der Waals surface area contributed by atoms with Gasteiger partial charge in [-0.15, -0.1) is 0 Å². The topological polar surface area (TPSA) is 34.2 Å². The van der Waals surface area contributed by atoms with E-state index in [-0.39, 0.29) is 0 Å². The maximum atomic E-state index is 6.10. The molecule has 0 atom stereocenters. The number of nitrogens with one attached hydrogen (secondary N) is 1. The standard InChI is InChI=1S/C16H19ClN2O/c1-3-13-10-14(5-6-15(13)17)20-16-9-12(7-8-19-16)11-18-4-2/h5-10,18H,3-4,11H2,1-2H3. The Labute approximate surface area is 124 Å². The predicted molar refractivity (Wildman–Crippen MR) is 82.5 cm³/mol. The first-order valence-electron chi connectivity index (χ1n) is 6.84. The highest BCUT2D eigenvalue weighted by atomic mass is 35.5. The van der Waals surface area contributed by atoms with Gasteiger partial charge in [0.25, 0.3) is 0 Å². The van der Waals surface area contributed by atoms with E-state index in [0.29, 0.717) is 5.88 Å².